The van der Waals surface area contributed by atoms with Gasteiger partial charge in [0.1, 0.15) is 23.0 Å². The van der Waals surface area contributed by atoms with Crippen LogP contribution >= 0.6 is 146 Å². The number of aliphatic hydroxyl groups excluding tert-OH is 2. The number of nitrogens with two attached hydrogens (primary N) is 1. The Morgan fingerprint density at radius 2 is 1.01 bits per heavy atom. The number of benzene rings is 3. The number of carbonyl (C=O) groups is 1. The molecular formula is C62H73Br5Cl5FN12NaO8PS. The molecule has 1 saturated heterocycles. The number of halogens is 11. The summed E-state index contributed by atoms with van der Waals surface area (Å²) < 4.78 is 54.6. The minimum absolute atomic E-state index is 0. The van der Waals surface area contributed by atoms with Gasteiger partial charge in [-0.2, -0.15) is 8.42 Å². The number of alkyl halides is 5. The number of rotatable bonds is 11. The summed E-state index contributed by atoms with van der Waals surface area (Å²) >= 11 is 35.2. The predicted octanol–water partition coefficient (Wildman–Crippen LogP) is 15.1. The molecule has 4 N–H and O–H groups in total. The molecule has 0 saturated carbocycles. The van der Waals surface area contributed by atoms with Crippen molar-refractivity contribution in [3.63, 3.8) is 0 Å². The largest absolute Gasteiger partial charge is 1.00 e. The van der Waals surface area contributed by atoms with E-state index in [-0.39, 0.29) is 71.8 Å². The van der Waals surface area contributed by atoms with E-state index < -0.39 is 31.5 Å². The van der Waals surface area contributed by atoms with Crippen molar-refractivity contribution in [1.29, 1.82) is 0 Å². The SMILES string of the molecule is COC(=O)c1cc(C)nc(Br)c1.Cc1cc(CN)cc(Br)n1.Cc1cc(CN=[N+]=[N-])cc(Br)n1.Cc1cc(CO)cc(Br)n1.Cc1cc(COS(C)(=O)=O)cc(Br)n1.Cl.ClCCl.ClCCl.OC1CCCO1.[2H]CF.[N-]=[N+]=[N-].[Na+].c1ccc(P(c2ccccc2)c2ccccc2)cc1. The summed E-state index contributed by atoms with van der Waals surface area (Å²) in [6.45, 7) is 11.2. The predicted molar refractivity (Wildman–Crippen MR) is 405 cm³/mol. The zero-order valence-electron chi connectivity index (χ0n) is 54.5. The van der Waals surface area contributed by atoms with E-state index in [4.69, 9.17) is 85.1 Å². The normalized spacial score (nSPS) is 11.0. The number of ether oxygens (including phenoxy) is 2. The van der Waals surface area contributed by atoms with Gasteiger partial charge in [0.25, 0.3) is 10.1 Å². The fourth-order valence-electron chi connectivity index (χ4n) is 7.06. The maximum atomic E-state index is 11.0. The Morgan fingerprint density at radius 3 is 1.31 bits per heavy atom. The molecule has 1 atom stereocenters. The minimum atomic E-state index is -3.38. The van der Waals surface area contributed by atoms with Crippen molar-refractivity contribution < 1.29 is 72.4 Å². The number of carbonyl (C=O) groups excluding carboxylic acids is 1. The van der Waals surface area contributed by atoms with E-state index in [0.29, 0.717) is 27.9 Å². The van der Waals surface area contributed by atoms with Gasteiger partial charge in [0.15, 0.2) is 6.29 Å². The quantitative estimate of drug-likeness (QED) is 0.0125. The van der Waals surface area contributed by atoms with Crippen molar-refractivity contribution in [3.8, 4) is 0 Å². The minimum Gasteiger partial charge on any atom is -0.465 e. The fourth-order valence-corrected chi connectivity index (χ4v) is 12.5. The second kappa shape index (κ2) is 61.3. The molecule has 34 heteroatoms. The molecule has 0 spiro atoms. The number of esters is 1. The van der Waals surface area contributed by atoms with Crippen LogP contribution in [0.3, 0.4) is 0 Å². The van der Waals surface area contributed by atoms with Crippen LogP contribution in [0, 0.1) is 34.6 Å². The zero-order chi connectivity index (χ0) is 72.2. The van der Waals surface area contributed by atoms with Gasteiger partial charge in [0.2, 0.25) is 0 Å². The smallest absolute Gasteiger partial charge is 0.465 e. The molecule has 0 bridgehead atoms. The molecule has 6 heterocycles. The third-order valence-corrected chi connectivity index (χ3v) is 15.4. The standard InChI is InChI=1S/C18H15P.C8H10BrNO3S.C8H8BrNO2.C7H7BrN4.C7H9BrN2.C7H8BrNO.C4H8O2.2CH2Cl2.CH3F.ClH.N3.Na/c1-4-10-16(11-5-1)19(17-12-6-2-7-13-17)18-14-8-3-9-15-18;1-6-3-7(4-8(9)10-6)5-13-14(2,11)12;1-5-3-6(8(11)12-2)4-7(9)10-5;1-5-2-6(4-10-12-9)3-7(8)11-5;1-5-2-6(4-9)3-7(8)10-5;1-5-2-6(4-10)3-7(8)9-5;5-4-2-1-3-6-4;2*2-1-3;1-2;;1-3-2;/h1-15H;3-4H,5H2,1-2H3;3-4H,1-2H3;2-3H,4H2,1H3;2-3H,4,9H2,1H3;2-3,10H,4H2,1H3;4-5H,1-3H2;2*1H2;1H3;1H;;/q;;;;;;;;;;;-1;+1/i;;;;;;;;;1D;;;. The van der Waals surface area contributed by atoms with Crippen molar-refractivity contribution >= 4 is 178 Å². The number of hydrogen-bond donors (Lipinski definition) is 3. The van der Waals surface area contributed by atoms with E-state index in [9.17, 15) is 17.6 Å². The van der Waals surface area contributed by atoms with Gasteiger partial charge in [-0.1, -0.05) is 96.1 Å². The fraction of sp³-hybridized carbons (Fsp3) is 0.290. The first kappa shape index (κ1) is 96.6. The molecule has 9 rings (SSSR count). The zero-order valence-corrected chi connectivity index (χ0v) is 68.9. The van der Waals surface area contributed by atoms with E-state index in [1.807, 2.05) is 65.0 Å². The third kappa shape index (κ3) is 50.7. The second-order valence-corrected chi connectivity index (χ2v) is 27.4. The molecule has 0 radical (unpaired) electrons. The number of methoxy groups -OCH3 is 1. The summed E-state index contributed by atoms with van der Waals surface area (Å²) in [5.74, 6) is -0.346. The molecule has 1 fully saturated rings. The molecule has 1 unspecified atom stereocenters. The van der Waals surface area contributed by atoms with Gasteiger partial charge in [-0.25, -0.2) is 29.7 Å². The van der Waals surface area contributed by atoms with Gasteiger partial charge in [-0.3, -0.25) is 13.5 Å². The van der Waals surface area contributed by atoms with E-state index in [0.717, 1.165) is 90.2 Å². The average Bonchev–Trinajstić information content (AvgIpc) is 1.24. The number of aryl methyl sites for hydroxylation is 5. The second-order valence-electron chi connectivity index (χ2n) is 17.9. The van der Waals surface area contributed by atoms with Crippen LogP contribution in [0.25, 0.3) is 26.4 Å². The first-order valence-electron chi connectivity index (χ1n) is 27.6. The summed E-state index contributed by atoms with van der Waals surface area (Å²) in [5.41, 5.74) is 35.7. The molecule has 1 aliphatic heterocycles. The number of nitrogens with zero attached hydrogens (tertiary/aromatic N) is 11. The van der Waals surface area contributed by atoms with Crippen LogP contribution in [0.15, 0.2) is 180 Å². The first-order chi connectivity index (χ1) is 45.2. The number of aromatic nitrogens is 5. The van der Waals surface area contributed by atoms with Crippen LogP contribution in [-0.2, 0) is 50.1 Å². The monoisotopic (exact) mass is 1790 g/mol. The molecule has 3 aromatic carbocycles. The molecule has 8 aromatic rings. The van der Waals surface area contributed by atoms with Crippen molar-refractivity contribution in [2.45, 2.75) is 80.1 Å². The van der Waals surface area contributed by atoms with E-state index in [2.05, 4.69) is 215 Å². The van der Waals surface area contributed by atoms with Crippen LogP contribution in [0.2, 0.25) is 0 Å². The van der Waals surface area contributed by atoms with Crippen LogP contribution in [0.1, 0.15) is 75.3 Å². The summed E-state index contributed by atoms with van der Waals surface area (Å²) in [7, 11) is -3.48. The topological polar surface area (TPSA) is 317 Å². The summed E-state index contributed by atoms with van der Waals surface area (Å²) in [4.78, 5) is 35.7. The maximum Gasteiger partial charge on any atom is 1.00 e. The van der Waals surface area contributed by atoms with Crippen molar-refractivity contribution in [1.82, 2.24) is 24.9 Å². The summed E-state index contributed by atoms with van der Waals surface area (Å²) in [6.07, 6.45) is 2.40. The molecule has 5 aromatic heterocycles. The Labute approximate surface area is 654 Å². The molecule has 0 amide bonds. The Balaban J connectivity index is -0.000000512. The van der Waals surface area contributed by atoms with Gasteiger partial charge in [-0.15, -0.1) is 58.8 Å². The Hall–Kier alpha value is -3.54. The summed E-state index contributed by atoms with van der Waals surface area (Å²) in [6, 6.07) is 50.4. The van der Waals surface area contributed by atoms with Gasteiger partial charge in [0.05, 0.1) is 57.9 Å². The van der Waals surface area contributed by atoms with E-state index in [1.54, 1.807) is 30.3 Å². The molecule has 96 heavy (non-hydrogen) atoms. The van der Waals surface area contributed by atoms with E-state index in [1.165, 1.54) is 27.9 Å². The number of aliphatic hydroxyl groups is 2. The average molecular weight is 1800 g/mol. The van der Waals surface area contributed by atoms with Gasteiger partial charge in [-0.05, 0) is 233 Å². The van der Waals surface area contributed by atoms with Crippen LogP contribution in [0.4, 0.5) is 4.39 Å². The van der Waals surface area contributed by atoms with Gasteiger partial charge >= 0.3 is 35.5 Å². The van der Waals surface area contributed by atoms with Crippen LogP contribution < -0.4 is 51.2 Å². The Bertz CT molecular complexity index is 3380. The van der Waals surface area contributed by atoms with Crippen LogP contribution in [-0.4, -0.2) is 93.6 Å². The third-order valence-electron chi connectivity index (χ3n) is 10.4. The van der Waals surface area contributed by atoms with Crippen molar-refractivity contribution in [2.24, 2.45) is 10.8 Å². The van der Waals surface area contributed by atoms with E-state index >= 15 is 0 Å². The molecule has 518 valence electrons. The maximum absolute atomic E-state index is 11.0. The van der Waals surface area contributed by atoms with Crippen molar-refractivity contribution in [2.75, 3.05) is 37.8 Å². The molecule has 0 aliphatic carbocycles. The number of pyridine rings is 5. The Kier molecular flexibility index (Phi) is 61.7. The van der Waals surface area contributed by atoms with Crippen LogP contribution in [0.5, 0.6) is 0 Å². The number of azide groups is 1. The summed E-state index contributed by atoms with van der Waals surface area (Å²) in [5, 5.41) is 25.3. The number of hydrogen-bond acceptors (Lipinski definition) is 15. The Morgan fingerprint density at radius 1 is 0.677 bits per heavy atom. The van der Waals surface area contributed by atoms with Crippen molar-refractivity contribution in [3.05, 3.63) is 257 Å². The molecule has 20 nitrogen and oxygen atoms in total. The molecular weight excluding hydrogens is 1720 g/mol. The van der Waals surface area contributed by atoms with Gasteiger partial charge in [0, 0.05) is 53.0 Å². The first-order valence-corrected chi connectivity index (χ1v) is 36.2. The van der Waals surface area contributed by atoms with Gasteiger partial charge < -0.3 is 36.5 Å². The molecule has 1 aliphatic rings.